The summed E-state index contributed by atoms with van der Waals surface area (Å²) in [6.07, 6.45) is -0.207. The normalized spacial score (nSPS) is 20.0. The van der Waals surface area contributed by atoms with Crippen molar-refractivity contribution in [1.82, 2.24) is 0 Å². The van der Waals surface area contributed by atoms with Crippen molar-refractivity contribution in [3.8, 4) is 5.75 Å². The van der Waals surface area contributed by atoms with Gasteiger partial charge in [0.1, 0.15) is 5.75 Å². The van der Waals surface area contributed by atoms with Gasteiger partial charge in [0.05, 0.1) is 13.7 Å². The lowest BCUT2D eigenvalue weighted by atomic mass is 10.1. The second kappa shape index (κ2) is 3.36. The third kappa shape index (κ3) is 1.41. The van der Waals surface area contributed by atoms with Crippen LogP contribution in [0.3, 0.4) is 0 Å². The molecule has 1 heterocycles. The van der Waals surface area contributed by atoms with Crippen molar-refractivity contribution in [3.05, 3.63) is 29.3 Å². The monoisotopic (exact) mass is 180 g/mol. The number of benzene rings is 1. The van der Waals surface area contributed by atoms with Gasteiger partial charge >= 0.3 is 0 Å². The molecule has 0 bridgehead atoms. The van der Waals surface area contributed by atoms with Crippen molar-refractivity contribution in [2.24, 2.45) is 0 Å². The van der Waals surface area contributed by atoms with Crippen molar-refractivity contribution in [2.45, 2.75) is 12.9 Å². The molecule has 3 nitrogen and oxygen atoms in total. The average molecular weight is 180 g/mol. The van der Waals surface area contributed by atoms with Gasteiger partial charge < -0.3 is 14.2 Å². The first-order chi connectivity index (χ1) is 6.35. The molecule has 0 spiro atoms. The lowest BCUT2D eigenvalue weighted by molar-refractivity contribution is -0.118. The van der Waals surface area contributed by atoms with E-state index >= 15 is 0 Å². The topological polar surface area (TPSA) is 27.7 Å². The number of fused-ring (bicyclic) bond motifs is 1. The fourth-order valence-corrected chi connectivity index (χ4v) is 1.51. The van der Waals surface area contributed by atoms with E-state index in [0.29, 0.717) is 6.61 Å². The molecular formula is C10H12O3. The van der Waals surface area contributed by atoms with E-state index in [-0.39, 0.29) is 6.29 Å². The zero-order valence-corrected chi connectivity index (χ0v) is 7.74. The van der Waals surface area contributed by atoms with Crippen molar-refractivity contribution in [2.75, 3.05) is 14.2 Å². The zero-order valence-electron chi connectivity index (χ0n) is 7.74. The Morgan fingerprint density at radius 2 is 2.23 bits per heavy atom. The fraction of sp³-hybridized carbons (Fsp3) is 0.400. The molecule has 0 aromatic heterocycles. The highest BCUT2D eigenvalue weighted by Gasteiger charge is 2.22. The van der Waals surface area contributed by atoms with E-state index in [0.717, 1.165) is 16.9 Å². The molecule has 0 saturated heterocycles. The zero-order chi connectivity index (χ0) is 9.26. The summed E-state index contributed by atoms with van der Waals surface area (Å²) in [5, 5.41) is 0. The molecule has 1 aromatic carbocycles. The largest absolute Gasteiger partial charge is 0.497 e. The van der Waals surface area contributed by atoms with E-state index in [2.05, 4.69) is 0 Å². The number of hydrogen-bond acceptors (Lipinski definition) is 3. The molecule has 0 N–H and O–H groups in total. The molecule has 1 unspecified atom stereocenters. The lowest BCUT2D eigenvalue weighted by Gasteiger charge is -2.08. The van der Waals surface area contributed by atoms with E-state index in [1.165, 1.54) is 0 Å². The van der Waals surface area contributed by atoms with Gasteiger partial charge in [-0.15, -0.1) is 0 Å². The second-order valence-corrected chi connectivity index (χ2v) is 2.94. The number of rotatable bonds is 2. The molecule has 0 aliphatic carbocycles. The van der Waals surface area contributed by atoms with Crippen LogP contribution in [0.1, 0.15) is 17.4 Å². The lowest BCUT2D eigenvalue weighted by Crippen LogP contribution is -1.97. The first-order valence-electron chi connectivity index (χ1n) is 4.16. The summed E-state index contributed by atoms with van der Waals surface area (Å²) in [6.45, 7) is 0.602. The maximum Gasteiger partial charge on any atom is 0.184 e. The third-order valence-electron chi connectivity index (χ3n) is 2.21. The Hall–Kier alpha value is -1.06. The smallest absolute Gasteiger partial charge is 0.184 e. The van der Waals surface area contributed by atoms with Gasteiger partial charge in [0.2, 0.25) is 0 Å². The highest BCUT2D eigenvalue weighted by atomic mass is 16.7. The summed E-state index contributed by atoms with van der Waals surface area (Å²) in [5.74, 6) is 0.860. The predicted octanol–water partition coefficient (Wildman–Crippen LogP) is 1.87. The summed E-state index contributed by atoms with van der Waals surface area (Å²) in [5.41, 5.74) is 2.24. The molecule has 0 amide bonds. The number of hydrogen-bond donors (Lipinski definition) is 0. The summed E-state index contributed by atoms with van der Waals surface area (Å²) in [6, 6.07) is 5.88. The van der Waals surface area contributed by atoms with Crippen LogP contribution in [-0.4, -0.2) is 14.2 Å². The Balaban J connectivity index is 2.34. The third-order valence-corrected chi connectivity index (χ3v) is 2.21. The van der Waals surface area contributed by atoms with E-state index in [9.17, 15) is 0 Å². The molecule has 2 rings (SSSR count). The maximum absolute atomic E-state index is 5.39. The van der Waals surface area contributed by atoms with Gasteiger partial charge in [-0.2, -0.15) is 0 Å². The van der Waals surface area contributed by atoms with E-state index < -0.39 is 0 Å². The van der Waals surface area contributed by atoms with Crippen LogP contribution in [0.4, 0.5) is 0 Å². The van der Waals surface area contributed by atoms with E-state index in [1.54, 1.807) is 14.2 Å². The van der Waals surface area contributed by atoms with Crippen LogP contribution in [0.25, 0.3) is 0 Å². The molecule has 70 valence electrons. The standard InChI is InChI=1S/C10H12O3/c1-11-8-3-4-9-7(5-8)6-13-10(9)12-2/h3-5,10H,6H2,1-2H3. The van der Waals surface area contributed by atoms with Gasteiger partial charge in [0.25, 0.3) is 0 Å². The van der Waals surface area contributed by atoms with Gasteiger partial charge in [-0.1, -0.05) is 0 Å². The van der Waals surface area contributed by atoms with Crippen molar-refractivity contribution in [1.29, 1.82) is 0 Å². The predicted molar refractivity (Wildman–Crippen MR) is 47.5 cm³/mol. The van der Waals surface area contributed by atoms with E-state index in [1.807, 2.05) is 18.2 Å². The minimum absolute atomic E-state index is 0.207. The molecule has 1 atom stereocenters. The van der Waals surface area contributed by atoms with Crippen LogP contribution in [0.2, 0.25) is 0 Å². The molecule has 1 aliphatic heterocycles. The molecule has 0 radical (unpaired) electrons. The minimum Gasteiger partial charge on any atom is -0.497 e. The molecule has 3 heteroatoms. The van der Waals surface area contributed by atoms with Crippen molar-refractivity contribution < 1.29 is 14.2 Å². The van der Waals surface area contributed by atoms with E-state index in [4.69, 9.17) is 14.2 Å². The molecule has 1 aromatic rings. The molecule has 13 heavy (non-hydrogen) atoms. The maximum atomic E-state index is 5.39. The Morgan fingerprint density at radius 3 is 2.92 bits per heavy atom. The van der Waals surface area contributed by atoms with Crippen molar-refractivity contribution in [3.63, 3.8) is 0 Å². The molecule has 0 fully saturated rings. The van der Waals surface area contributed by atoms with Gasteiger partial charge in [-0.25, -0.2) is 0 Å². The molecule has 1 aliphatic rings. The number of ether oxygens (including phenoxy) is 3. The first kappa shape index (κ1) is 8.53. The molecular weight excluding hydrogens is 168 g/mol. The van der Waals surface area contributed by atoms with Crippen LogP contribution in [0.15, 0.2) is 18.2 Å². The fourth-order valence-electron chi connectivity index (χ4n) is 1.51. The Morgan fingerprint density at radius 1 is 1.38 bits per heavy atom. The highest BCUT2D eigenvalue weighted by molar-refractivity contribution is 5.37. The summed E-state index contributed by atoms with van der Waals surface area (Å²) in [4.78, 5) is 0. The Bertz CT molecular complexity index is 309. The van der Waals surface area contributed by atoms with Crippen LogP contribution in [0, 0.1) is 0 Å². The van der Waals surface area contributed by atoms with Crippen LogP contribution in [-0.2, 0) is 16.1 Å². The summed E-state index contributed by atoms with van der Waals surface area (Å²) >= 11 is 0. The van der Waals surface area contributed by atoms with Gasteiger partial charge in [0.15, 0.2) is 6.29 Å². The molecule has 0 saturated carbocycles. The first-order valence-corrected chi connectivity index (χ1v) is 4.16. The minimum atomic E-state index is -0.207. The Labute approximate surface area is 77.2 Å². The van der Waals surface area contributed by atoms with Crippen LogP contribution in [0.5, 0.6) is 5.75 Å². The van der Waals surface area contributed by atoms with Crippen molar-refractivity contribution >= 4 is 0 Å². The highest BCUT2D eigenvalue weighted by Crippen LogP contribution is 2.32. The van der Waals surface area contributed by atoms with Gasteiger partial charge in [-0.3, -0.25) is 0 Å². The van der Waals surface area contributed by atoms with Gasteiger partial charge in [0, 0.05) is 12.7 Å². The number of methoxy groups -OCH3 is 2. The van der Waals surface area contributed by atoms with Gasteiger partial charge in [-0.05, 0) is 23.8 Å². The SMILES string of the molecule is COc1ccc2c(c1)COC2OC. The average Bonchev–Trinajstić information content (AvgIpc) is 2.59. The quantitative estimate of drug-likeness (QED) is 0.695. The summed E-state index contributed by atoms with van der Waals surface area (Å²) < 4.78 is 15.7. The van der Waals surface area contributed by atoms with Crippen LogP contribution >= 0.6 is 0 Å². The Kier molecular flexibility index (Phi) is 2.20. The van der Waals surface area contributed by atoms with Crippen LogP contribution < -0.4 is 4.74 Å². The second-order valence-electron chi connectivity index (χ2n) is 2.94. The summed E-state index contributed by atoms with van der Waals surface area (Å²) in [7, 11) is 3.30.